The first-order chi connectivity index (χ1) is 12.0. The molecule has 1 heterocycles. The number of hydrogen-bond donors (Lipinski definition) is 1. The predicted molar refractivity (Wildman–Crippen MR) is 100 cm³/mol. The number of nitrogens with zero attached hydrogens (tertiary/aromatic N) is 2. The molecule has 4 heteroatoms. The summed E-state index contributed by atoms with van der Waals surface area (Å²) in [5, 5.41) is 10.3. The molecule has 25 heavy (non-hydrogen) atoms. The standard InChI is InChI=1S/C21H32N2O2/c1-4-23(12-16-7-9-22-10-8-16)13-19(24)15-25-14-17-5-6-18-11-20(17)21(18,2)3/h5,7-10,18-20,24H,4,6,11-15H2,1-3H3/t18-,19-,20+/m0/s1. The van der Waals surface area contributed by atoms with Gasteiger partial charge in [0, 0.05) is 25.5 Å². The lowest BCUT2D eigenvalue weighted by Gasteiger charge is -2.56. The van der Waals surface area contributed by atoms with Gasteiger partial charge >= 0.3 is 0 Å². The summed E-state index contributed by atoms with van der Waals surface area (Å²) < 4.78 is 5.86. The van der Waals surface area contributed by atoms with Crippen LogP contribution in [0, 0.1) is 17.3 Å². The first-order valence-corrected chi connectivity index (χ1v) is 9.56. The van der Waals surface area contributed by atoms with Crippen molar-refractivity contribution in [3.05, 3.63) is 41.7 Å². The minimum atomic E-state index is -0.451. The Morgan fingerprint density at radius 2 is 2.12 bits per heavy atom. The Morgan fingerprint density at radius 3 is 2.76 bits per heavy atom. The van der Waals surface area contributed by atoms with E-state index in [1.807, 2.05) is 24.5 Å². The zero-order valence-electron chi connectivity index (χ0n) is 15.8. The average Bonchev–Trinajstić information content (AvgIpc) is 2.62. The highest BCUT2D eigenvalue weighted by molar-refractivity contribution is 5.23. The van der Waals surface area contributed by atoms with E-state index in [9.17, 15) is 5.11 Å². The summed E-state index contributed by atoms with van der Waals surface area (Å²) in [6.45, 7) is 10.3. The van der Waals surface area contributed by atoms with Crippen LogP contribution in [-0.4, -0.2) is 47.4 Å². The maximum Gasteiger partial charge on any atom is 0.0900 e. The predicted octanol–water partition coefficient (Wildman–Crippen LogP) is 3.27. The van der Waals surface area contributed by atoms with Crippen LogP contribution in [0.3, 0.4) is 0 Å². The van der Waals surface area contributed by atoms with Crippen LogP contribution in [-0.2, 0) is 11.3 Å². The summed E-state index contributed by atoms with van der Waals surface area (Å²) >= 11 is 0. The van der Waals surface area contributed by atoms with Crippen molar-refractivity contribution in [2.45, 2.75) is 46.3 Å². The molecule has 0 amide bonds. The lowest BCUT2D eigenvalue weighted by molar-refractivity contribution is -0.0262. The molecule has 0 radical (unpaired) electrons. The van der Waals surface area contributed by atoms with E-state index in [0.717, 1.165) is 19.0 Å². The molecule has 0 saturated heterocycles. The normalized spacial score (nSPS) is 25.4. The SMILES string of the molecule is CCN(Cc1ccncc1)C[C@H](O)COCC1=CC[C@H]2C[C@H]1C2(C)C. The van der Waals surface area contributed by atoms with E-state index in [2.05, 4.69) is 36.7 Å². The van der Waals surface area contributed by atoms with Gasteiger partial charge in [0.2, 0.25) is 0 Å². The third-order valence-electron chi connectivity index (χ3n) is 6.23. The number of allylic oxidation sites excluding steroid dienone is 1. The van der Waals surface area contributed by atoms with Gasteiger partial charge in [0.25, 0.3) is 0 Å². The number of rotatable bonds is 9. The van der Waals surface area contributed by atoms with Gasteiger partial charge in [-0.3, -0.25) is 9.88 Å². The summed E-state index contributed by atoms with van der Waals surface area (Å²) in [6, 6.07) is 4.05. The van der Waals surface area contributed by atoms with Crippen molar-refractivity contribution in [1.29, 1.82) is 0 Å². The summed E-state index contributed by atoms with van der Waals surface area (Å²) in [5.41, 5.74) is 3.11. The number of likely N-dealkylation sites (N-methyl/N-ethyl adjacent to an activating group) is 1. The Labute approximate surface area is 151 Å². The molecular weight excluding hydrogens is 312 g/mol. The van der Waals surface area contributed by atoms with Crippen LogP contribution in [0.1, 0.15) is 39.2 Å². The van der Waals surface area contributed by atoms with Crippen LogP contribution < -0.4 is 0 Å². The zero-order chi connectivity index (χ0) is 17.9. The topological polar surface area (TPSA) is 45.6 Å². The molecule has 3 aliphatic carbocycles. The second kappa shape index (κ2) is 7.98. The number of aliphatic hydroxyl groups excluding tert-OH is 1. The Balaban J connectivity index is 1.40. The van der Waals surface area contributed by atoms with Crippen molar-refractivity contribution >= 4 is 0 Å². The molecule has 3 atom stereocenters. The Hall–Kier alpha value is -1.23. The molecular formula is C21H32N2O2. The van der Waals surface area contributed by atoms with E-state index in [0.29, 0.717) is 31.1 Å². The monoisotopic (exact) mass is 344 g/mol. The van der Waals surface area contributed by atoms with Crippen LogP contribution in [0.2, 0.25) is 0 Å². The average molecular weight is 344 g/mol. The number of hydrogen-bond acceptors (Lipinski definition) is 4. The minimum absolute atomic E-state index is 0.404. The van der Waals surface area contributed by atoms with Gasteiger partial charge in [-0.15, -0.1) is 0 Å². The van der Waals surface area contributed by atoms with E-state index in [4.69, 9.17) is 4.74 Å². The molecule has 1 aromatic rings. The van der Waals surface area contributed by atoms with Crippen LogP contribution in [0.15, 0.2) is 36.2 Å². The fourth-order valence-electron chi connectivity index (χ4n) is 4.36. The van der Waals surface area contributed by atoms with Gasteiger partial charge in [0.1, 0.15) is 0 Å². The van der Waals surface area contributed by atoms with Crippen molar-refractivity contribution in [3.63, 3.8) is 0 Å². The lowest BCUT2D eigenvalue weighted by atomic mass is 9.49. The third kappa shape index (κ3) is 4.30. The largest absolute Gasteiger partial charge is 0.389 e. The molecule has 1 N–H and O–H groups in total. The summed E-state index contributed by atoms with van der Waals surface area (Å²) in [6.07, 6.45) is 8.06. The number of aromatic nitrogens is 1. The van der Waals surface area contributed by atoms with Crippen molar-refractivity contribution in [2.75, 3.05) is 26.3 Å². The Morgan fingerprint density at radius 1 is 1.36 bits per heavy atom. The molecule has 2 bridgehead atoms. The van der Waals surface area contributed by atoms with Crippen molar-refractivity contribution in [3.8, 4) is 0 Å². The van der Waals surface area contributed by atoms with E-state index >= 15 is 0 Å². The first kappa shape index (κ1) is 18.6. The van der Waals surface area contributed by atoms with Crippen molar-refractivity contribution in [2.24, 2.45) is 17.3 Å². The smallest absolute Gasteiger partial charge is 0.0900 e. The van der Waals surface area contributed by atoms with E-state index in [1.54, 1.807) is 0 Å². The number of fused-ring (bicyclic) bond motifs is 1. The first-order valence-electron chi connectivity index (χ1n) is 9.56. The zero-order valence-corrected chi connectivity index (χ0v) is 15.8. The summed E-state index contributed by atoms with van der Waals surface area (Å²) in [4.78, 5) is 6.29. The third-order valence-corrected chi connectivity index (χ3v) is 6.23. The molecule has 4 nitrogen and oxygen atoms in total. The van der Waals surface area contributed by atoms with E-state index in [1.165, 1.54) is 24.0 Å². The van der Waals surface area contributed by atoms with Gasteiger partial charge in [-0.1, -0.05) is 26.8 Å². The fraction of sp³-hybridized carbons (Fsp3) is 0.667. The molecule has 138 valence electrons. The fourth-order valence-corrected chi connectivity index (χ4v) is 4.36. The summed E-state index contributed by atoms with van der Waals surface area (Å²) in [5.74, 6) is 1.54. The molecule has 1 saturated carbocycles. The van der Waals surface area contributed by atoms with Crippen LogP contribution in [0.25, 0.3) is 0 Å². The summed E-state index contributed by atoms with van der Waals surface area (Å²) in [7, 11) is 0. The quantitative estimate of drug-likeness (QED) is 0.699. The number of pyridine rings is 1. The molecule has 1 aromatic heterocycles. The van der Waals surface area contributed by atoms with Gasteiger partial charge in [0.05, 0.1) is 19.3 Å². The number of aliphatic hydroxyl groups is 1. The van der Waals surface area contributed by atoms with Gasteiger partial charge in [-0.25, -0.2) is 0 Å². The van der Waals surface area contributed by atoms with Crippen molar-refractivity contribution in [1.82, 2.24) is 9.88 Å². The van der Waals surface area contributed by atoms with E-state index < -0.39 is 6.10 Å². The van der Waals surface area contributed by atoms with Crippen LogP contribution in [0.5, 0.6) is 0 Å². The van der Waals surface area contributed by atoms with Gasteiger partial charge in [-0.2, -0.15) is 0 Å². The highest BCUT2D eigenvalue weighted by Crippen LogP contribution is 2.59. The van der Waals surface area contributed by atoms with Gasteiger partial charge in [0.15, 0.2) is 0 Å². The van der Waals surface area contributed by atoms with Crippen LogP contribution >= 0.6 is 0 Å². The highest BCUT2D eigenvalue weighted by atomic mass is 16.5. The molecule has 0 aliphatic heterocycles. The highest BCUT2D eigenvalue weighted by Gasteiger charge is 2.50. The molecule has 4 rings (SSSR count). The molecule has 0 unspecified atom stereocenters. The van der Waals surface area contributed by atoms with Crippen LogP contribution in [0.4, 0.5) is 0 Å². The second-order valence-corrected chi connectivity index (χ2v) is 8.17. The maximum atomic E-state index is 10.3. The minimum Gasteiger partial charge on any atom is -0.389 e. The van der Waals surface area contributed by atoms with Crippen molar-refractivity contribution < 1.29 is 9.84 Å². The lowest BCUT2D eigenvalue weighted by Crippen LogP contribution is -2.48. The molecule has 1 fully saturated rings. The Kier molecular flexibility index (Phi) is 5.92. The number of ether oxygens (including phenoxy) is 1. The van der Waals surface area contributed by atoms with E-state index in [-0.39, 0.29) is 0 Å². The van der Waals surface area contributed by atoms with Gasteiger partial charge in [-0.05, 0) is 59.9 Å². The Bertz CT molecular complexity index is 585. The second-order valence-electron chi connectivity index (χ2n) is 8.17. The molecule has 3 aliphatic rings. The molecule has 0 spiro atoms. The van der Waals surface area contributed by atoms with Gasteiger partial charge < -0.3 is 9.84 Å². The maximum absolute atomic E-state index is 10.3. The molecule has 0 aromatic carbocycles.